The van der Waals surface area contributed by atoms with Crippen LogP contribution in [0, 0.1) is 0 Å². The van der Waals surface area contributed by atoms with E-state index in [-0.39, 0.29) is 19.4 Å². The van der Waals surface area contributed by atoms with Crippen molar-refractivity contribution in [2.24, 2.45) is 0 Å². The van der Waals surface area contributed by atoms with Crippen molar-refractivity contribution in [2.45, 2.75) is 24.5 Å². The predicted molar refractivity (Wildman–Crippen MR) is 59.1 cm³/mol. The van der Waals surface area contributed by atoms with E-state index in [0.29, 0.717) is 26.4 Å². The van der Waals surface area contributed by atoms with Crippen molar-refractivity contribution >= 4 is 11.9 Å². The van der Waals surface area contributed by atoms with Gasteiger partial charge in [0.1, 0.15) is 5.54 Å². The number of ether oxygens (including phenoxy) is 3. The fourth-order valence-corrected chi connectivity index (χ4v) is 2.07. The van der Waals surface area contributed by atoms with Gasteiger partial charge < -0.3 is 24.6 Å². The molecular formula is C11H17NO6. The van der Waals surface area contributed by atoms with Gasteiger partial charge in [-0.3, -0.25) is 4.79 Å². The van der Waals surface area contributed by atoms with Gasteiger partial charge in [-0.2, -0.15) is 0 Å². The Morgan fingerprint density at radius 1 is 1.11 bits per heavy atom. The molecule has 2 fully saturated rings. The van der Waals surface area contributed by atoms with Crippen molar-refractivity contribution in [1.29, 1.82) is 0 Å². The van der Waals surface area contributed by atoms with Crippen molar-refractivity contribution in [3.8, 4) is 0 Å². The Kier molecular flexibility index (Phi) is 4.15. The monoisotopic (exact) mass is 259 g/mol. The number of hydrogen-bond donors (Lipinski definition) is 2. The minimum atomic E-state index is -1.24. The molecule has 7 heteroatoms. The summed E-state index contributed by atoms with van der Waals surface area (Å²) in [7, 11) is 0. The molecule has 7 nitrogen and oxygen atoms in total. The lowest BCUT2D eigenvalue weighted by Gasteiger charge is -2.35. The van der Waals surface area contributed by atoms with E-state index in [1.165, 1.54) is 0 Å². The lowest BCUT2D eigenvalue weighted by atomic mass is 9.90. The van der Waals surface area contributed by atoms with Crippen LogP contribution in [0.2, 0.25) is 0 Å². The minimum Gasteiger partial charge on any atom is -0.480 e. The molecule has 2 heterocycles. The molecule has 2 rings (SSSR count). The van der Waals surface area contributed by atoms with Gasteiger partial charge in [0.25, 0.3) is 5.91 Å². The van der Waals surface area contributed by atoms with Gasteiger partial charge in [0.15, 0.2) is 6.10 Å². The smallest absolute Gasteiger partial charge is 0.329 e. The molecular weight excluding hydrogens is 242 g/mol. The zero-order valence-electron chi connectivity index (χ0n) is 10.0. The first-order valence-electron chi connectivity index (χ1n) is 5.96. The third kappa shape index (κ3) is 2.80. The highest BCUT2D eigenvalue weighted by molar-refractivity contribution is 5.89. The van der Waals surface area contributed by atoms with E-state index >= 15 is 0 Å². The van der Waals surface area contributed by atoms with Crippen molar-refractivity contribution < 1.29 is 28.9 Å². The number of aliphatic carboxylic acids is 1. The highest BCUT2D eigenvalue weighted by atomic mass is 16.6. The average molecular weight is 259 g/mol. The molecule has 0 bridgehead atoms. The first kappa shape index (κ1) is 13.3. The molecule has 0 aliphatic carbocycles. The van der Waals surface area contributed by atoms with Crippen LogP contribution in [0.1, 0.15) is 12.8 Å². The maximum Gasteiger partial charge on any atom is 0.329 e. The maximum absolute atomic E-state index is 12.0. The van der Waals surface area contributed by atoms with Crippen molar-refractivity contribution in [1.82, 2.24) is 5.32 Å². The van der Waals surface area contributed by atoms with Crippen molar-refractivity contribution in [3.63, 3.8) is 0 Å². The molecule has 0 aromatic heterocycles. The van der Waals surface area contributed by atoms with Crippen LogP contribution in [-0.2, 0) is 23.8 Å². The van der Waals surface area contributed by atoms with Crippen LogP contribution >= 0.6 is 0 Å². The second kappa shape index (κ2) is 5.64. The summed E-state index contributed by atoms with van der Waals surface area (Å²) >= 11 is 0. The quantitative estimate of drug-likeness (QED) is 0.685. The third-order valence-corrected chi connectivity index (χ3v) is 3.23. The van der Waals surface area contributed by atoms with E-state index in [1.807, 2.05) is 0 Å². The third-order valence-electron chi connectivity index (χ3n) is 3.23. The zero-order chi connectivity index (χ0) is 13.0. The van der Waals surface area contributed by atoms with Crippen LogP contribution in [0.3, 0.4) is 0 Å². The van der Waals surface area contributed by atoms with Gasteiger partial charge >= 0.3 is 5.97 Å². The molecule has 18 heavy (non-hydrogen) atoms. The maximum atomic E-state index is 12.0. The fraction of sp³-hybridized carbons (Fsp3) is 0.818. The summed E-state index contributed by atoms with van der Waals surface area (Å²) in [5.41, 5.74) is -1.24. The molecule has 2 aliphatic heterocycles. The zero-order valence-corrected chi connectivity index (χ0v) is 10.0. The van der Waals surface area contributed by atoms with E-state index in [9.17, 15) is 14.7 Å². The Morgan fingerprint density at radius 3 is 2.39 bits per heavy atom. The van der Waals surface area contributed by atoms with E-state index in [2.05, 4.69) is 5.32 Å². The van der Waals surface area contributed by atoms with Crippen LogP contribution < -0.4 is 5.32 Å². The van der Waals surface area contributed by atoms with Crippen LogP contribution in [0.25, 0.3) is 0 Å². The summed E-state index contributed by atoms with van der Waals surface area (Å²) in [4.78, 5) is 23.3. The second-order valence-electron chi connectivity index (χ2n) is 4.42. The van der Waals surface area contributed by atoms with E-state index in [4.69, 9.17) is 14.2 Å². The number of hydrogen-bond acceptors (Lipinski definition) is 5. The number of amides is 1. The van der Waals surface area contributed by atoms with Gasteiger partial charge in [-0.1, -0.05) is 0 Å². The number of rotatable bonds is 3. The van der Waals surface area contributed by atoms with E-state index in [0.717, 1.165) is 0 Å². The second-order valence-corrected chi connectivity index (χ2v) is 4.42. The van der Waals surface area contributed by atoms with Gasteiger partial charge in [-0.15, -0.1) is 0 Å². The molecule has 102 valence electrons. The molecule has 1 atom stereocenters. The van der Waals surface area contributed by atoms with Crippen LogP contribution in [-0.4, -0.2) is 61.7 Å². The minimum absolute atomic E-state index is 0.165. The Balaban J connectivity index is 1.99. The molecule has 0 aromatic carbocycles. The van der Waals surface area contributed by atoms with Crippen molar-refractivity contribution in [3.05, 3.63) is 0 Å². The molecule has 0 radical (unpaired) electrons. The number of carboxylic acid groups (broad SMARTS) is 1. The first-order valence-corrected chi connectivity index (χ1v) is 5.96. The van der Waals surface area contributed by atoms with E-state index in [1.54, 1.807) is 0 Å². The number of carbonyl (C=O) groups excluding carboxylic acids is 1. The molecule has 1 amide bonds. The lowest BCUT2D eigenvalue weighted by molar-refractivity contribution is -0.159. The highest BCUT2D eigenvalue weighted by Crippen LogP contribution is 2.21. The lowest BCUT2D eigenvalue weighted by Crippen LogP contribution is -2.60. The summed E-state index contributed by atoms with van der Waals surface area (Å²) < 4.78 is 15.5. The van der Waals surface area contributed by atoms with E-state index < -0.39 is 23.5 Å². The number of nitrogens with one attached hydrogen (secondary N) is 1. The molecule has 2 saturated heterocycles. The van der Waals surface area contributed by atoms with Crippen LogP contribution in [0.15, 0.2) is 0 Å². The van der Waals surface area contributed by atoms with Gasteiger partial charge in [0, 0.05) is 26.1 Å². The number of carboxylic acids is 1. The Bertz CT molecular complexity index is 319. The summed E-state index contributed by atoms with van der Waals surface area (Å²) in [6.45, 7) is 1.63. The number of carbonyl (C=O) groups is 2. The Morgan fingerprint density at radius 2 is 1.83 bits per heavy atom. The molecule has 0 spiro atoms. The normalized spacial score (nSPS) is 27.4. The summed E-state index contributed by atoms with van der Waals surface area (Å²) in [5.74, 6) is -1.46. The molecule has 0 saturated carbocycles. The van der Waals surface area contributed by atoms with Crippen LogP contribution in [0.5, 0.6) is 0 Å². The molecule has 0 aromatic rings. The van der Waals surface area contributed by atoms with Crippen LogP contribution in [0.4, 0.5) is 0 Å². The van der Waals surface area contributed by atoms with Crippen molar-refractivity contribution in [2.75, 3.05) is 33.0 Å². The summed E-state index contributed by atoms with van der Waals surface area (Å²) in [6.07, 6.45) is -0.193. The van der Waals surface area contributed by atoms with Gasteiger partial charge in [-0.25, -0.2) is 4.79 Å². The van der Waals surface area contributed by atoms with Gasteiger partial charge in [-0.05, 0) is 0 Å². The summed E-state index contributed by atoms with van der Waals surface area (Å²) in [5, 5.41) is 11.9. The predicted octanol–water partition coefficient (Wildman–Crippen LogP) is -0.848. The van der Waals surface area contributed by atoms with Gasteiger partial charge in [0.2, 0.25) is 0 Å². The molecule has 2 N–H and O–H groups in total. The topological polar surface area (TPSA) is 94.1 Å². The standard InChI is InChI=1S/C11H17NO6/c13-9(8-7-17-5-6-18-8)12-11(10(14)15)1-3-16-4-2-11/h8H,1-7H2,(H,12,13)(H,14,15). The summed E-state index contributed by atoms with van der Waals surface area (Å²) in [6, 6.07) is 0. The Labute approximate surface area is 104 Å². The Hall–Kier alpha value is -1.18. The highest BCUT2D eigenvalue weighted by Gasteiger charge is 2.43. The molecule has 2 aliphatic rings. The first-order chi connectivity index (χ1) is 8.64. The average Bonchev–Trinajstić information content (AvgIpc) is 2.40. The van der Waals surface area contributed by atoms with Gasteiger partial charge in [0.05, 0.1) is 19.8 Å². The molecule has 1 unspecified atom stereocenters. The largest absolute Gasteiger partial charge is 0.480 e. The SMILES string of the molecule is O=C(NC1(C(=O)O)CCOCC1)C1COCCO1. The fourth-order valence-electron chi connectivity index (χ4n) is 2.07.